The van der Waals surface area contributed by atoms with Gasteiger partial charge >= 0.3 is 6.18 Å². The standard InChI is InChI=1S/C13H7ClF3N3/c14-9-3-1-8(2-4-9)10-5-6-20-12(18-10)7-11(19-20)13(15,16)17/h1-7H. The van der Waals surface area contributed by atoms with E-state index in [1.54, 1.807) is 30.3 Å². The van der Waals surface area contributed by atoms with Crippen molar-refractivity contribution in [2.45, 2.75) is 6.18 Å². The number of aromatic nitrogens is 3. The van der Waals surface area contributed by atoms with E-state index in [0.29, 0.717) is 10.7 Å². The molecule has 3 aromatic rings. The first-order valence-electron chi connectivity index (χ1n) is 5.63. The molecule has 102 valence electrons. The van der Waals surface area contributed by atoms with Gasteiger partial charge in [-0.15, -0.1) is 0 Å². The molecule has 7 heteroatoms. The summed E-state index contributed by atoms with van der Waals surface area (Å²) in [4.78, 5) is 4.17. The minimum absolute atomic E-state index is 0.143. The van der Waals surface area contributed by atoms with Crippen molar-refractivity contribution in [1.82, 2.24) is 14.6 Å². The molecule has 0 atom stereocenters. The molecule has 3 rings (SSSR count). The zero-order valence-corrected chi connectivity index (χ0v) is 10.7. The van der Waals surface area contributed by atoms with Gasteiger partial charge in [0.1, 0.15) is 0 Å². The molecule has 0 radical (unpaired) electrons. The number of alkyl halides is 3. The predicted molar refractivity (Wildman–Crippen MR) is 68.4 cm³/mol. The van der Waals surface area contributed by atoms with Gasteiger partial charge in [-0.2, -0.15) is 18.3 Å². The fourth-order valence-corrected chi connectivity index (χ4v) is 1.93. The van der Waals surface area contributed by atoms with E-state index in [4.69, 9.17) is 11.6 Å². The molecule has 0 unspecified atom stereocenters. The Morgan fingerprint density at radius 2 is 1.75 bits per heavy atom. The molecule has 0 spiro atoms. The van der Waals surface area contributed by atoms with Crippen LogP contribution in [0.1, 0.15) is 5.69 Å². The minimum atomic E-state index is -4.48. The Morgan fingerprint density at radius 3 is 2.40 bits per heavy atom. The molecule has 20 heavy (non-hydrogen) atoms. The summed E-state index contributed by atoms with van der Waals surface area (Å²) in [5, 5.41) is 4.02. The van der Waals surface area contributed by atoms with E-state index in [1.807, 2.05) is 0 Å². The Bertz CT molecular complexity index is 763. The van der Waals surface area contributed by atoms with Crippen molar-refractivity contribution in [3.05, 3.63) is 53.3 Å². The summed E-state index contributed by atoms with van der Waals surface area (Å²) in [6, 6.07) is 9.41. The molecule has 0 N–H and O–H groups in total. The van der Waals surface area contributed by atoms with Gasteiger partial charge in [-0.05, 0) is 18.2 Å². The van der Waals surface area contributed by atoms with Gasteiger partial charge in [-0.25, -0.2) is 9.50 Å². The summed E-state index contributed by atoms with van der Waals surface area (Å²) >= 11 is 5.79. The maximum atomic E-state index is 12.6. The summed E-state index contributed by atoms with van der Waals surface area (Å²) in [7, 11) is 0. The fraction of sp³-hybridized carbons (Fsp3) is 0.0769. The second-order valence-corrected chi connectivity index (χ2v) is 4.59. The zero-order chi connectivity index (χ0) is 14.3. The van der Waals surface area contributed by atoms with Crippen molar-refractivity contribution >= 4 is 17.2 Å². The zero-order valence-electron chi connectivity index (χ0n) is 9.89. The molecule has 3 nitrogen and oxygen atoms in total. The van der Waals surface area contributed by atoms with Crippen LogP contribution >= 0.6 is 11.6 Å². The largest absolute Gasteiger partial charge is 0.435 e. The van der Waals surface area contributed by atoms with Gasteiger partial charge in [0.05, 0.1) is 5.69 Å². The highest BCUT2D eigenvalue weighted by atomic mass is 35.5. The summed E-state index contributed by atoms with van der Waals surface area (Å²) in [6.07, 6.45) is -3.03. The highest BCUT2D eigenvalue weighted by Gasteiger charge is 2.34. The number of hydrogen-bond acceptors (Lipinski definition) is 2. The molecule has 0 saturated carbocycles. The highest BCUT2D eigenvalue weighted by molar-refractivity contribution is 6.30. The molecule has 0 aliphatic rings. The molecule has 0 fully saturated rings. The van der Waals surface area contributed by atoms with E-state index >= 15 is 0 Å². The lowest BCUT2D eigenvalue weighted by Gasteiger charge is -2.01. The number of hydrogen-bond donors (Lipinski definition) is 0. The minimum Gasteiger partial charge on any atom is -0.229 e. The molecule has 1 aromatic carbocycles. The van der Waals surface area contributed by atoms with E-state index in [-0.39, 0.29) is 5.65 Å². The number of fused-ring (bicyclic) bond motifs is 1. The van der Waals surface area contributed by atoms with Gasteiger partial charge in [0, 0.05) is 22.8 Å². The van der Waals surface area contributed by atoms with E-state index < -0.39 is 11.9 Å². The van der Waals surface area contributed by atoms with Crippen molar-refractivity contribution in [3.8, 4) is 11.3 Å². The van der Waals surface area contributed by atoms with Crippen molar-refractivity contribution in [1.29, 1.82) is 0 Å². The van der Waals surface area contributed by atoms with Crippen LogP contribution in [-0.4, -0.2) is 14.6 Å². The first kappa shape index (κ1) is 12.9. The quantitative estimate of drug-likeness (QED) is 0.678. The topological polar surface area (TPSA) is 30.2 Å². The van der Waals surface area contributed by atoms with Crippen LogP contribution in [0.4, 0.5) is 13.2 Å². The van der Waals surface area contributed by atoms with Gasteiger partial charge in [0.15, 0.2) is 11.3 Å². The second-order valence-electron chi connectivity index (χ2n) is 4.15. The first-order chi connectivity index (χ1) is 9.43. The maximum absolute atomic E-state index is 12.6. The van der Waals surface area contributed by atoms with Crippen LogP contribution in [0.5, 0.6) is 0 Å². The third-order valence-electron chi connectivity index (χ3n) is 2.76. The Balaban J connectivity index is 2.08. The normalized spacial score (nSPS) is 12.0. The Kier molecular flexibility index (Phi) is 2.90. The lowest BCUT2D eigenvalue weighted by atomic mass is 10.1. The summed E-state index contributed by atoms with van der Waals surface area (Å²) in [5.74, 6) is 0. The van der Waals surface area contributed by atoms with Crippen molar-refractivity contribution in [2.75, 3.05) is 0 Å². The van der Waals surface area contributed by atoms with Crippen LogP contribution in [0, 0.1) is 0 Å². The predicted octanol–water partition coefficient (Wildman–Crippen LogP) is 4.07. The smallest absolute Gasteiger partial charge is 0.229 e. The molecular formula is C13H7ClF3N3. The van der Waals surface area contributed by atoms with Gasteiger partial charge in [0.25, 0.3) is 0 Å². The number of nitrogens with zero attached hydrogens (tertiary/aromatic N) is 3. The summed E-state index contributed by atoms with van der Waals surface area (Å²) < 4.78 is 38.8. The first-order valence-corrected chi connectivity index (χ1v) is 6.01. The number of rotatable bonds is 1. The lowest BCUT2D eigenvalue weighted by molar-refractivity contribution is -0.141. The van der Waals surface area contributed by atoms with Crippen LogP contribution in [0.2, 0.25) is 5.02 Å². The van der Waals surface area contributed by atoms with E-state index in [9.17, 15) is 13.2 Å². The molecule has 0 aliphatic heterocycles. The average Bonchev–Trinajstić information content (AvgIpc) is 2.82. The Labute approximate surface area is 116 Å². The average molecular weight is 298 g/mol. The monoisotopic (exact) mass is 297 g/mol. The molecule has 2 aromatic heterocycles. The van der Waals surface area contributed by atoms with Crippen LogP contribution in [0.15, 0.2) is 42.6 Å². The Morgan fingerprint density at radius 1 is 1.05 bits per heavy atom. The number of benzene rings is 1. The second kappa shape index (κ2) is 4.49. The van der Waals surface area contributed by atoms with Gasteiger partial charge in [-0.1, -0.05) is 23.7 Å². The van der Waals surface area contributed by atoms with Crippen LogP contribution in [0.25, 0.3) is 16.9 Å². The van der Waals surface area contributed by atoms with Gasteiger partial charge in [-0.3, -0.25) is 0 Å². The SMILES string of the molecule is FC(F)(F)c1cc2nc(-c3ccc(Cl)cc3)ccn2n1. The Hall–Kier alpha value is -2.08. The summed E-state index contributed by atoms with van der Waals surface area (Å²) in [5.41, 5.74) is 0.512. The van der Waals surface area contributed by atoms with E-state index in [1.165, 1.54) is 6.20 Å². The van der Waals surface area contributed by atoms with Crippen molar-refractivity contribution < 1.29 is 13.2 Å². The van der Waals surface area contributed by atoms with Gasteiger partial charge < -0.3 is 0 Å². The summed E-state index contributed by atoms with van der Waals surface area (Å²) in [6.45, 7) is 0. The van der Waals surface area contributed by atoms with Crippen LogP contribution in [0.3, 0.4) is 0 Å². The number of halogens is 4. The molecule has 0 bridgehead atoms. The molecule has 0 saturated heterocycles. The highest BCUT2D eigenvalue weighted by Crippen LogP contribution is 2.29. The molecule has 0 aliphatic carbocycles. The van der Waals surface area contributed by atoms with Crippen LogP contribution < -0.4 is 0 Å². The molecule has 2 heterocycles. The van der Waals surface area contributed by atoms with E-state index in [0.717, 1.165) is 16.1 Å². The third-order valence-corrected chi connectivity index (χ3v) is 3.01. The molecular weight excluding hydrogens is 291 g/mol. The maximum Gasteiger partial charge on any atom is 0.435 e. The fourth-order valence-electron chi connectivity index (χ4n) is 1.80. The molecule has 0 amide bonds. The lowest BCUT2D eigenvalue weighted by Crippen LogP contribution is -2.05. The van der Waals surface area contributed by atoms with Crippen molar-refractivity contribution in [2.24, 2.45) is 0 Å². The third kappa shape index (κ3) is 2.34. The van der Waals surface area contributed by atoms with Crippen molar-refractivity contribution in [3.63, 3.8) is 0 Å². The van der Waals surface area contributed by atoms with Gasteiger partial charge in [0.2, 0.25) is 0 Å². The van der Waals surface area contributed by atoms with Crippen LogP contribution in [-0.2, 0) is 6.18 Å². The van der Waals surface area contributed by atoms with E-state index in [2.05, 4.69) is 10.1 Å².